The van der Waals surface area contributed by atoms with Crippen molar-refractivity contribution in [2.24, 2.45) is 0 Å². The maximum atomic E-state index is 12.1. The summed E-state index contributed by atoms with van der Waals surface area (Å²) in [7, 11) is 0. The Kier molecular flexibility index (Phi) is 4.30. The molecule has 0 bridgehead atoms. The van der Waals surface area contributed by atoms with Gasteiger partial charge in [-0.1, -0.05) is 23.2 Å². The molecule has 0 saturated heterocycles. The van der Waals surface area contributed by atoms with Crippen LogP contribution in [0, 0.1) is 0 Å². The van der Waals surface area contributed by atoms with E-state index in [-0.39, 0.29) is 23.1 Å². The van der Waals surface area contributed by atoms with Gasteiger partial charge in [0.15, 0.2) is 5.78 Å². The molecule has 3 rings (SSSR count). The summed E-state index contributed by atoms with van der Waals surface area (Å²) in [6.07, 6.45) is 2.92. The fraction of sp³-hybridized carbons (Fsp3) is 0.0769. The van der Waals surface area contributed by atoms with Gasteiger partial charge in [-0.3, -0.25) is 4.79 Å². The van der Waals surface area contributed by atoms with Crippen LogP contribution in [0.4, 0.5) is 0 Å². The minimum atomic E-state index is -0.135. The number of thiophene rings is 1. The van der Waals surface area contributed by atoms with Gasteiger partial charge in [0, 0.05) is 10.8 Å². The first kappa shape index (κ1) is 14.6. The lowest BCUT2D eigenvalue weighted by Gasteiger charge is -1.97. The van der Waals surface area contributed by atoms with Gasteiger partial charge >= 0.3 is 0 Å². The normalized spacial score (nSPS) is 10.8. The summed E-state index contributed by atoms with van der Waals surface area (Å²) in [6, 6.07) is 1.86. The Balaban J connectivity index is 1.75. The van der Waals surface area contributed by atoms with E-state index >= 15 is 0 Å². The molecule has 0 aromatic carbocycles. The van der Waals surface area contributed by atoms with Crippen LogP contribution in [0.2, 0.25) is 10.2 Å². The smallest absolute Gasteiger partial charge is 0.189 e. The highest BCUT2D eigenvalue weighted by molar-refractivity contribution is 7.15. The second-order valence-corrected chi connectivity index (χ2v) is 6.76. The number of rotatable bonds is 4. The molecule has 0 aliphatic heterocycles. The average molecular weight is 356 g/mol. The van der Waals surface area contributed by atoms with Gasteiger partial charge in [-0.15, -0.1) is 22.7 Å². The van der Waals surface area contributed by atoms with Crippen molar-refractivity contribution in [1.82, 2.24) is 15.0 Å². The molecule has 3 heterocycles. The largest absolute Gasteiger partial charge is 0.292 e. The van der Waals surface area contributed by atoms with Crippen molar-refractivity contribution in [3.63, 3.8) is 0 Å². The number of carbonyl (C=O) groups is 1. The third-order valence-corrected chi connectivity index (χ3v) is 4.93. The lowest BCUT2D eigenvalue weighted by atomic mass is 10.2. The number of thiazole rings is 1. The predicted octanol–water partition coefficient (Wildman–Crippen LogP) is 4.39. The van der Waals surface area contributed by atoms with Crippen molar-refractivity contribution in [2.45, 2.75) is 6.42 Å². The molecule has 0 fully saturated rings. The highest BCUT2D eigenvalue weighted by Gasteiger charge is 2.13. The van der Waals surface area contributed by atoms with Gasteiger partial charge in [-0.25, -0.2) is 15.0 Å². The molecule has 8 heteroatoms. The topological polar surface area (TPSA) is 55.7 Å². The molecule has 106 valence electrons. The van der Waals surface area contributed by atoms with Crippen LogP contribution in [0.15, 0.2) is 29.2 Å². The standard InChI is InChI=1S/C13H7Cl2N3OS2/c14-7-1-11(20-5-7)9-6-21-13(18-9)2-10(19)8-3-17-12(15)4-16-8/h1,3-6H,2H2. The van der Waals surface area contributed by atoms with E-state index in [1.165, 1.54) is 35.1 Å². The van der Waals surface area contributed by atoms with Gasteiger partial charge in [-0.05, 0) is 6.07 Å². The van der Waals surface area contributed by atoms with Gasteiger partial charge in [-0.2, -0.15) is 0 Å². The summed E-state index contributed by atoms with van der Waals surface area (Å²) in [5, 5.41) is 5.45. The van der Waals surface area contributed by atoms with Crippen LogP contribution in [-0.2, 0) is 6.42 Å². The van der Waals surface area contributed by atoms with Gasteiger partial charge in [0.2, 0.25) is 0 Å². The molecule has 21 heavy (non-hydrogen) atoms. The van der Waals surface area contributed by atoms with Crippen molar-refractivity contribution >= 4 is 51.7 Å². The summed E-state index contributed by atoms with van der Waals surface area (Å²) in [4.78, 5) is 25.3. The van der Waals surface area contributed by atoms with E-state index in [9.17, 15) is 4.79 Å². The number of carbonyl (C=O) groups excluding carboxylic acids is 1. The van der Waals surface area contributed by atoms with Crippen molar-refractivity contribution in [2.75, 3.05) is 0 Å². The summed E-state index contributed by atoms with van der Waals surface area (Å²) in [6.45, 7) is 0. The van der Waals surface area contributed by atoms with Gasteiger partial charge in [0.05, 0.1) is 34.4 Å². The minimum absolute atomic E-state index is 0.135. The number of ketones is 1. The highest BCUT2D eigenvalue weighted by atomic mass is 35.5. The summed E-state index contributed by atoms with van der Waals surface area (Å²) in [5.74, 6) is -0.135. The van der Waals surface area contributed by atoms with E-state index in [2.05, 4.69) is 15.0 Å². The second-order valence-electron chi connectivity index (χ2n) is 4.08. The fourth-order valence-corrected chi connectivity index (χ4v) is 3.64. The molecule has 0 N–H and O–H groups in total. The zero-order chi connectivity index (χ0) is 14.8. The molecule has 0 atom stereocenters. The van der Waals surface area contributed by atoms with Crippen molar-refractivity contribution < 1.29 is 4.79 Å². The summed E-state index contributed by atoms with van der Waals surface area (Å²) >= 11 is 14.5. The monoisotopic (exact) mass is 355 g/mol. The van der Waals surface area contributed by atoms with E-state index < -0.39 is 0 Å². The van der Waals surface area contributed by atoms with Gasteiger partial charge < -0.3 is 0 Å². The Morgan fingerprint density at radius 1 is 1.14 bits per heavy atom. The zero-order valence-electron chi connectivity index (χ0n) is 10.4. The van der Waals surface area contributed by atoms with Crippen molar-refractivity contribution in [3.05, 3.63) is 50.1 Å². The van der Waals surface area contributed by atoms with E-state index in [0.29, 0.717) is 5.02 Å². The van der Waals surface area contributed by atoms with Crippen LogP contribution in [0.25, 0.3) is 10.6 Å². The summed E-state index contributed by atoms with van der Waals surface area (Å²) in [5.41, 5.74) is 1.12. The molecule has 0 amide bonds. The first-order valence-electron chi connectivity index (χ1n) is 5.81. The molecule has 4 nitrogen and oxygen atoms in total. The molecule has 0 spiro atoms. The van der Waals surface area contributed by atoms with Crippen LogP contribution >= 0.6 is 45.9 Å². The number of halogens is 2. The van der Waals surface area contributed by atoms with Crippen LogP contribution in [0.3, 0.4) is 0 Å². The lowest BCUT2D eigenvalue weighted by molar-refractivity contribution is 0.0988. The SMILES string of the molecule is O=C(Cc1nc(-c2cc(Cl)cs2)cs1)c1cnc(Cl)cn1. The van der Waals surface area contributed by atoms with E-state index in [4.69, 9.17) is 23.2 Å². The summed E-state index contributed by atoms with van der Waals surface area (Å²) < 4.78 is 0. The molecule has 0 aliphatic rings. The third kappa shape index (κ3) is 3.47. The molecule has 0 saturated carbocycles. The molecular weight excluding hydrogens is 349 g/mol. The lowest BCUT2D eigenvalue weighted by Crippen LogP contribution is -2.06. The van der Waals surface area contributed by atoms with Crippen LogP contribution in [0.1, 0.15) is 15.5 Å². The Morgan fingerprint density at radius 3 is 2.67 bits per heavy atom. The van der Waals surface area contributed by atoms with E-state index in [1.54, 1.807) is 0 Å². The van der Waals surface area contributed by atoms with Crippen LogP contribution in [0.5, 0.6) is 0 Å². The van der Waals surface area contributed by atoms with E-state index in [0.717, 1.165) is 15.6 Å². The number of Topliss-reactive ketones (excluding diaryl/α,β-unsaturated/α-hetero) is 1. The number of aromatic nitrogens is 3. The molecule has 3 aromatic rings. The minimum Gasteiger partial charge on any atom is -0.292 e. The Labute approximate surface area is 138 Å². The molecule has 0 aliphatic carbocycles. The maximum absolute atomic E-state index is 12.1. The Hall–Kier alpha value is -1.34. The Morgan fingerprint density at radius 2 is 2.00 bits per heavy atom. The molecule has 0 unspecified atom stereocenters. The van der Waals surface area contributed by atoms with Gasteiger partial charge in [0.1, 0.15) is 15.9 Å². The van der Waals surface area contributed by atoms with Crippen LogP contribution in [-0.4, -0.2) is 20.7 Å². The predicted molar refractivity (Wildman–Crippen MR) is 85.5 cm³/mol. The van der Waals surface area contributed by atoms with E-state index in [1.807, 2.05) is 16.8 Å². The number of hydrogen-bond acceptors (Lipinski definition) is 6. The quantitative estimate of drug-likeness (QED) is 0.651. The first-order valence-corrected chi connectivity index (χ1v) is 8.33. The Bertz CT molecular complexity index is 783. The molecular formula is C13H7Cl2N3OS2. The van der Waals surface area contributed by atoms with Crippen molar-refractivity contribution in [1.29, 1.82) is 0 Å². The fourth-order valence-electron chi connectivity index (χ4n) is 1.64. The number of hydrogen-bond donors (Lipinski definition) is 0. The molecule has 3 aromatic heterocycles. The molecule has 0 radical (unpaired) electrons. The average Bonchev–Trinajstić information content (AvgIpc) is 3.08. The maximum Gasteiger partial charge on any atom is 0.189 e. The zero-order valence-corrected chi connectivity index (χ0v) is 13.6. The van der Waals surface area contributed by atoms with Crippen LogP contribution < -0.4 is 0 Å². The first-order chi connectivity index (χ1) is 10.1. The number of nitrogens with zero attached hydrogens (tertiary/aromatic N) is 3. The second kappa shape index (κ2) is 6.19. The van der Waals surface area contributed by atoms with Gasteiger partial charge in [0.25, 0.3) is 0 Å². The third-order valence-electron chi connectivity index (χ3n) is 2.59. The highest BCUT2D eigenvalue weighted by Crippen LogP contribution is 2.30. The van der Waals surface area contributed by atoms with Crippen molar-refractivity contribution in [3.8, 4) is 10.6 Å².